The molecule has 1 aliphatic rings. The maximum atomic E-state index is 12.2. The average molecular weight is 390 g/mol. The molecule has 1 aromatic heterocycles. The number of rotatable bonds is 4. The number of nitriles is 1. The molecular weight excluding hydrogens is 373 g/mol. The van der Waals surface area contributed by atoms with Crippen molar-refractivity contribution in [2.75, 3.05) is 0 Å². The first-order chi connectivity index (χ1) is 12.5. The number of carbonyl (C=O) groups is 1. The van der Waals surface area contributed by atoms with Gasteiger partial charge in [0.25, 0.3) is 5.91 Å². The highest BCUT2D eigenvalue weighted by atomic mass is 35.5. The van der Waals surface area contributed by atoms with E-state index in [2.05, 4.69) is 10.3 Å². The lowest BCUT2D eigenvalue weighted by Gasteiger charge is -2.29. The summed E-state index contributed by atoms with van der Waals surface area (Å²) in [5.41, 5.74) is 0.933. The van der Waals surface area contributed by atoms with E-state index in [1.165, 1.54) is 6.20 Å². The highest BCUT2D eigenvalue weighted by Crippen LogP contribution is 2.27. The van der Waals surface area contributed by atoms with Gasteiger partial charge in [0, 0.05) is 18.3 Å². The van der Waals surface area contributed by atoms with Crippen LogP contribution >= 0.6 is 23.2 Å². The van der Waals surface area contributed by atoms with Crippen LogP contribution in [0, 0.1) is 11.3 Å². The number of pyridine rings is 1. The summed E-state index contributed by atoms with van der Waals surface area (Å²) in [5, 5.41) is 12.7. The second-order valence-electron chi connectivity index (χ2n) is 6.19. The van der Waals surface area contributed by atoms with E-state index in [0.717, 1.165) is 25.7 Å². The highest BCUT2D eigenvalue weighted by molar-refractivity contribution is 6.31. The molecule has 0 spiro atoms. The molecule has 0 saturated heterocycles. The minimum Gasteiger partial charge on any atom is -0.490 e. The molecule has 1 aliphatic carbocycles. The van der Waals surface area contributed by atoms with Gasteiger partial charge < -0.3 is 10.1 Å². The van der Waals surface area contributed by atoms with Crippen molar-refractivity contribution in [2.45, 2.75) is 37.8 Å². The zero-order valence-electron chi connectivity index (χ0n) is 13.9. The number of benzene rings is 1. The molecule has 1 aromatic carbocycles. The van der Waals surface area contributed by atoms with Crippen LogP contribution in [0.3, 0.4) is 0 Å². The van der Waals surface area contributed by atoms with Gasteiger partial charge in [0.05, 0.1) is 22.3 Å². The third-order valence-corrected chi connectivity index (χ3v) is 4.90. The normalized spacial score (nSPS) is 19.4. The smallest absolute Gasteiger partial charge is 0.253 e. The van der Waals surface area contributed by atoms with Crippen LogP contribution in [-0.2, 0) is 0 Å². The van der Waals surface area contributed by atoms with Crippen molar-refractivity contribution in [3.05, 3.63) is 57.8 Å². The summed E-state index contributed by atoms with van der Waals surface area (Å²) >= 11 is 11.8. The Bertz CT molecular complexity index is 826. The van der Waals surface area contributed by atoms with Gasteiger partial charge in [-0.25, -0.2) is 4.98 Å². The summed E-state index contributed by atoms with van der Waals surface area (Å²) < 4.78 is 5.96. The average Bonchev–Trinajstić information content (AvgIpc) is 2.64. The fourth-order valence-corrected chi connectivity index (χ4v) is 3.28. The Morgan fingerprint density at radius 3 is 2.58 bits per heavy atom. The summed E-state index contributed by atoms with van der Waals surface area (Å²) in [7, 11) is 0. The van der Waals surface area contributed by atoms with Crippen molar-refractivity contribution in [3.63, 3.8) is 0 Å². The van der Waals surface area contributed by atoms with Gasteiger partial charge in [-0.3, -0.25) is 4.79 Å². The van der Waals surface area contributed by atoms with E-state index < -0.39 is 0 Å². The fourth-order valence-electron chi connectivity index (χ4n) is 2.96. The lowest BCUT2D eigenvalue weighted by atomic mass is 9.92. The summed E-state index contributed by atoms with van der Waals surface area (Å²) in [4.78, 5) is 16.2. The second-order valence-corrected chi connectivity index (χ2v) is 6.98. The molecule has 0 aliphatic heterocycles. The standard InChI is InChI=1S/C19H17Cl2N3O2/c20-17-9-16(5-1-12(17)10-22)26-15-6-3-14(4-7-15)24-19(25)13-2-8-18(21)23-11-13/h1-2,5,8-9,11,14-15H,3-4,6-7H2,(H,24,25)/t14-,15-. The molecule has 2 aromatic rings. The number of halogens is 2. The maximum absolute atomic E-state index is 12.2. The second kappa shape index (κ2) is 8.39. The Balaban J connectivity index is 1.49. The van der Waals surface area contributed by atoms with Crippen molar-refractivity contribution in [1.82, 2.24) is 10.3 Å². The number of nitrogens with zero attached hydrogens (tertiary/aromatic N) is 2. The SMILES string of the molecule is N#Cc1ccc(O[C@H]2CC[C@H](NC(=O)c3ccc(Cl)nc3)CC2)cc1Cl. The molecule has 1 heterocycles. The van der Waals surface area contributed by atoms with Crippen LogP contribution in [0.15, 0.2) is 36.5 Å². The quantitative estimate of drug-likeness (QED) is 0.787. The van der Waals surface area contributed by atoms with Crippen LogP contribution < -0.4 is 10.1 Å². The molecule has 7 heteroatoms. The third kappa shape index (κ3) is 4.66. The summed E-state index contributed by atoms with van der Waals surface area (Å²) in [5.74, 6) is 0.520. The number of nitrogens with one attached hydrogen (secondary N) is 1. The Kier molecular flexibility index (Phi) is 5.97. The molecular formula is C19H17Cl2N3O2. The zero-order chi connectivity index (χ0) is 18.5. The van der Waals surface area contributed by atoms with Crippen LogP contribution in [0.25, 0.3) is 0 Å². The monoisotopic (exact) mass is 389 g/mol. The van der Waals surface area contributed by atoms with Gasteiger partial charge >= 0.3 is 0 Å². The van der Waals surface area contributed by atoms with E-state index in [4.69, 9.17) is 33.2 Å². The van der Waals surface area contributed by atoms with Crippen molar-refractivity contribution in [2.24, 2.45) is 0 Å². The maximum Gasteiger partial charge on any atom is 0.253 e. The molecule has 134 valence electrons. The first-order valence-electron chi connectivity index (χ1n) is 8.34. The molecule has 0 atom stereocenters. The van der Waals surface area contributed by atoms with Crippen LogP contribution in [0.4, 0.5) is 0 Å². The molecule has 0 bridgehead atoms. The molecule has 1 saturated carbocycles. The lowest BCUT2D eigenvalue weighted by molar-refractivity contribution is 0.0893. The minimum atomic E-state index is -0.141. The van der Waals surface area contributed by atoms with Gasteiger partial charge in [-0.15, -0.1) is 0 Å². The number of hydrogen-bond acceptors (Lipinski definition) is 4. The Labute approximate surface area is 161 Å². The van der Waals surface area contributed by atoms with Crippen molar-refractivity contribution in [1.29, 1.82) is 5.26 Å². The van der Waals surface area contributed by atoms with Gasteiger partial charge in [-0.05, 0) is 49.9 Å². The topological polar surface area (TPSA) is 75.0 Å². The predicted molar refractivity (Wildman–Crippen MR) is 99.6 cm³/mol. The van der Waals surface area contributed by atoms with Gasteiger partial charge in [0.2, 0.25) is 0 Å². The van der Waals surface area contributed by atoms with Gasteiger partial charge in [-0.1, -0.05) is 23.2 Å². The Morgan fingerprint density at radius 2 is 1.96 bits per heavy atom. The highest BCUT2D eigenvalue weighted by Gasteiger charge is 2.24. The van der Waals surface area contributed by atoms with E-state index in [0.29, 0.717) is 27.1 Å². The van der Waals surface area contributed by atoms with Crippen LogP contribution in [0.1, 0.15) is 41.6 Å². The molecule has 0 radical (unpaired) electrons. The number of aromatic nitrogens is 1. The largest absolute Gasteiger partial charge is 0.490 e. The van der Waals surface area contributed by atoms with Gasteiger partial charge in [0.15, 0.2) is 0 Å². The third-order valence-electron chi connectivity index (χ3n) is 4.36. The van der Waals surface area contributed by atoms with Gasteiger partial charge in [0.1, 0.15) is 17.0 Å². The molecule has 1 N–H and O–H groups in total. The molecule has 3 rings (SSSR count). The first kappa shape index (κ1) is 18.5. The number of hydrogen-bond donors (Lipinski definition) is 1. The molecule has 0 unspecified atom stereocenters. The summed E-state index contributed by atoms with van der Waals surface area (Å²) in [6.45, 7) is 0. The van der Waals surface area contributed by atoms with Crippen molar-refractivity contribution < 1.29 is 9.53 Å². The van der Waals surface area contributed by atoms with Crippen LogP contribution in [-0.4, -0.2) is 23.0 Å². The Hall–Kier alpha value is -2.29. The molecule has 26 heavy (non-hydrogen) atoms. The van der Waals surface area contributed by atoms with E-state index in [1.54, 1.807) is 30.3 Å². The Morgan fingerprint density at radius 1 is 1.19 bits per heavy atom. The number of amides is 1. The van der Waals surface area contributed by atoms with Crippen LogP contribution in [0.2, 0.25) is 10.2 Å². The first-order valence-corrected chi connectivity index (χ1v) is 9.09. The van der Waals surface area contributed by atoms with Gasteiger partial charge in [-0.2, -0.15) is 5.26 Å². The lowest BCUT2D eigenvalue weighted by Crippen LogP contribution is -2.39. The fraction of sp³-hybridized carbons (Fsp3) is 0.316. The number of carbonyl (C=O) groups excluding carboxylic acids is 1. The summed E-state index contributed by atoms with van der Waals surface area (Å²) in [6.07, 6.45) is 4.89. The molecule has 1 fully saturated rings. The predicted octanol–water partition coefficient (Wildman–Crippen LogP) is 4.38. The zero-order valence-corrected chi connectivity index (χ0v) is 15.4. The van der Waals surface area contributed by atoms with E-state index in [9.17, 15) is 4.79 Å². The minimum absolute atomic E-state index is 0.0735. The van der Waals surface area contributed by atoms with E-state index in [1.807, 2.05) is 6.07 Å². The van der Waals surface area contributed by atoms with E-state index >= 15 is 0 Å². The van der Waals surface area contributed by atoms with E-state index in [-0.39, 0.29) is 18.1 Å². The van der Waals surface area contributed by atoms with Crippen molar-refractivity contribution >= 4 is 29.1 Å². The van der Waals surface area contributed by atoms with Crippen molar-refractivity contribution in [3.8, 4) is 11.8 Å². The molecule has 5 nitrogen and oxygen atoms in total. The number of ether oxygens (including phenoxy) is 1. The summed E-state index contributed by atoms with van der Waals surface area (Å²) in [6, 6.07) is 10.5. The van der Waals surface area contributed by atoms with Crippen LogP contribution in [0.5, 0.6) is 5.75 Å². The molecule has 1 amide bonds.